The Kier molecular flexibility index (Phi) is 3.66. The molecular weight excluding hydrogens is 102 g/mol. The third-order valence-corrected chi connectivity index (χ3v) is 0.565. The van der Waals surface area contributed by atoms with Gasteiger partial charge in [-0.1, -0.05) is 13.0 Å². The summed E-state index contributed by atoms with van der Waals surface area (Å²) in [5.74, 6) is 0.106. The molecule has 8 heavy (non-hydrogen) atoms. The molecule has 0 aliphatic rings. The van der Waals surface area contributed by atoms with Crippen LogP contribution in [-0.2, 0) is 0 Å². The molecule has 0 aliphatic carbocycles. The molecule has 4 N–H and O–H groups in total. The lowest BCUT2D eigenvalue weighted by atomic mass is 10.5. The maximum Gasteiger partial charge on any atom is 0.190 e. The van der Waals surface area contributed by atoms with Crippen LogP contribution in [0, 0.1) is 0 Å². The van der Waals surface area contributed by atoms with E-state index in [-0.39, 0.29) is 5.96 Å². The van der Waals surface area contributed by atoms with E-state index in [1.807, 2.05) is 13.0 Å². The minimum absolute atomic E-state index is 0.106. The van der Waals surface area contributed by atoms with Gasteiger partial charge < -0.3 is 11.5 Å². The first-order valence-electron chi connectivity index (χ1n) is 2.51. The van der Waals surface area contributed by atoms with Crippen molar-refractivity contribution < 1.29 is 0 Å². The van der Waals surface area contributed by atoms with Crippen molar-refractivity contribution in [2.24, 2.45) is 16.5 Å². The molecule has 0 atom stereocenters. The third kappa shape index (κ3) is 5.01. The predicted octanol–water partition coefficient (Wildman–Crippen LogP) is 0.184. The Morgan fingerprint density at radius 3 is 2.62 bits per heavy atom. The normalized spacial score (nSPS) is 9.62. The van der Waals surface area contributed by atoms with Crippen molar-refractivity contribution in [3.8, 4) is 0 Å². The zero-order valence-corrected chi connectivity index (χ0v) is 4.96. The molecule has 0 radical (unpaired) electrons. The molecule has 0 saturated carbocycles. The van der Waals surface area contributed by atoms with E-state index >= 15 is 0 Å². The average molecular weight is 113 g/mol. The highest BCUT2D eigenvalue weighted by Crippen LogP contribution is 1.78. The van der Waals surface area contributed by atoms with Gasteiger partial charge in [0, 0.05) is 6.20 Å². The molecule has 0 aromatic rings. The number of hydrogen-bond acceptors (Lipinski definition) is 1. The van der Waals surface area contributed by atoms with Gasteiger partial charge in [0.25, 0.3) is 0 Å². The van der Waals surface area contributed by atoms with Crippen LogP contribution in [0.4, 0.5) is 0 Å². The molecule has 0 heterocycles. The highest BCUT2D eigenvalue weighted by atomic mass is 15.0. The van der Waals surface area contributed by atoms with Crippen molar-refractivity contribution in [1.82, 2.24) is 0 Å². The van der Waals surface area contributed by atoms with Crippen molar-refractivity contribution >= 4 is 5.96 Å². The van der Waals surface area contributed by atoms with E-state index in [4.69, 9.17) is 11.5 Å². The van der Waals surface area contributed by atoms with Crippen molar-refractivity contribution in [2.45, 2.75) is 13.3 Å². The van der Waals surface area contributed by atoms with Crippen LogP contribution in [0.2, 0.25) is 0 Å². The summed E-state index contributed by atoms with van der Waals surface area (Å²) >= 11 is 0. The quantitative estimate of drug-likeness (QED) is 0.396. The van der Waals surface area contributed by atoms with E-state index in [1.54, 1.807) is 6.20 Å². The fourth-order valence-corrected chi connectivity index (χ4v) is 0.244. The number of hydrogen-bond donors (Lipinski definition) is 2. The number of aliphatic imine (C=N–C) groups is 1. The topological polar surface area (TPSA) is 64.4 Å². The fraction of sp³-hybridized carbons (Fsp3) is 0.400. The molecule has 0 bridgehead atoms. The molecule has 3 nitrogen and oxygen atoms in total. The van der Waals surface area contributed by atoms with Gasteiger partial charge in [-0.05, 0) is 6.42 Å². The van der Waals surface area contributed by atoms with Crippen LogP contribution in [-0.4, -0.2) is 5.96 Å². The standard InChI is InChI=1S/C5H11N3/c1-2-3-4-8-5(6)7/h3-4H,2H2,1H3,(H4,6,7,8)/b4-3+. The van der Waals surface area contributed by atoms with Gasteiger partial charge in [-0.25, -0.2) is 4.99 Å². The van der Waals surface area contributed by atoms with Gasteiger partial charge in [0.15, 0.2) is 5.96 Å². The summed E-state index contributed by atoms with van der Waals surface area (Å²) in [7, 11) is 0. The van der Waals surface area contributed by atoms with Crippen LogP contribution < -0.4 is 11.5 Å². The number of nitrogens with two attached hydrogens (primary N) is 2. The van der Waals surface area contributed by atoms with Gasteiger partial charge in [0.1, 0.15) is 0 Å². The highest BCUT2D eigenvalue weighted by molar-refractivity contribution is 5.76. The molecule has 0 aliphatic heterocycles. The second kappa shape index (κ2) is 4.18. The summed E-state index contributed by atoms with van der Waals surface area (Å²) in [5, 5.41) is 0. The minimum atomic E-state index is 0.106. The molecular formula is C5H11N3. The predicted molar refractivity (Wildman–Crippen MR) is 35.2 cm³/mol. The molecule has 0 amide bonds. The van der Waals surface area contributed by atoms with Gasteiger partial charge in [-0.15, -0.1) is 0 Å². The van der Waals surface area contributed by atoms with E-state index in [2.05, 4.69) is 4.99 Å². The molecule has 0 rings (SSSR count). The Morgan fingerprint density at radius 1 is 1.62 bits per heavy atom. The van der Waals surface area contributed by atoms with E-state index in [0.717, 1.165) is 6.42 Å². The molecule has 46 valence electrons. The SMILES string of the molecule is CC/C=C/N=C(N)N. The van der Waals surface area contributed by atoms with Gasteiger partial charge in [0.05, 0.1) is 0 Å². The zero-order valence-electron chi connectivity index (χ0n) is 4.96. The van der Waals surface area contributed by atoms with Crippen LogP contribution in [0.1, 0.15) is 13.3 Å². The van der Waals surface area contributed by atoms with E-state index < -0.39 is 0 Å². The Bertz CT molecular complexity index is 100. The summed E-state index contributed by atoms with van der Waals surface area (Å²) in [6, 6.07) is 0. The van der Waals surface area contributed by atoms with Crippen LogP contribution in [0.25, 0.3) is 0 Å². The Balaban J connectivity index is 3.42. The smallest absolute Gasteiger partial charge is 0.190 e. The fourth-order valence-electron chi connectivity index (χ4n) is 0.244. The van der Waals surface area contributed by atoms with Gasteiger partial charge >= 0.3 is 0 Å². The Morgan fingerprint density at radius 2 is 2.25 bits per heavy atom. The van der Waals surface area contributed by atoms with E-state index in [1.165, 1.54) is 0 Å². The summed E-state index contributed by atoms with van der Waals surface area (Å²) in [4.78, 5) is 3.61. The largest absolute Gasteiger partial charge is 0.370 e. The van der Waals surface area contributed by atoms with Gasteiger partial charge in [-0.3, -0.25) is 0 Å². The molecule has 0 aromatic heterocycles. The molecule has 0 unspecified atom stereocenters. The summed E-state index contributed by atoms with van der Waals surface area (Å²) in [6.45, 7) is 2.01. The Labute approximate surface area is 49.1 Å². The number of nitrogens with zero attached hydrogens (tertiary/aromatic N) is 1. The highest BCUT2D eigenvalue weighted by Gasteiger charge is 1.68. The maximum absolute atomic E-state index is 5.01. The molecule has 0 fully saturated rings. The maximum atomic E-state index is 5.01. The lowest BCUT2D eigenvalue weighted by molar-refractivity contribution is 1.21. The number of guanidine groups is 1. The van der Waals surface area contributed by atoms with Crippen molar-refractivity contribution in [1.29, 1.82) is 0 Å². The first-order valence-corrected chi connectivity index (χ1v) is 2.51. The lowest BCUT2D eigenvalue weighted by Crippen LogP contribution is -2.21. The molecule has 0 spiro atoms. The van der Waals surface area contributed by atoms with Crippen molar-refractivity contribution in [3.63, 3.8) is 0 Å². The monoisotopic (exact) mass is 113 g/mol. The molecule has 0 saturated heterocycles. The first kappa shape index (κ1) is 7.01. The van der Waals surface area contributed by atoms with E-state index in [0.29, 0.717) is 0 Å². The van der Waals surface area contributed by atoms with Crippen molar-refractivity contribution in [2.75, 3.05) is 0 Å². The van der Waals surface area contributed by atoms with Crippen LogP contribution in [0.5, 0.6) is 0 Å². The van der Waals surface area contributed by atoms with Crippen LogP contribution >= 0.6 is 0 Å². The summed E-state index contributed by atoms with van der Waals surface area (Å²) in [5.41, 5.74) is 10.0. The molecule has 3 heteroatoms. The average Bonchev–Trinajstić information content (AvgIpc) is 1.66. The summed E-state index contributed by atoms with van der Waals surface area (Å²) in [6.07, 6.45) is 4.42. The zero-order chi connectivity index (χ0) is 6.41. The van der Waals surface area contributed by atoms with E-state index in [9.17, 15) is 0 Å². The minimum Gasteiger partial charge on any atom is -0.370 e. The third-order valence-electron chi connectivity index (χ3n) is 0.565. The second-order valence-electron chi connectivity index (χ2n) is 1.35. The lowest BCUT2D eigenvalue weighted by Gasteiger charge is -1.81. The number of rotatable bonds is 2. The first-order chi connectivity index (χ1) is 3.77. The molecule has 0 aromatic carbocycles. The van der Waals surface area contributed by atoms with Crippen molar-refractivity contribution in [3.05, 3.63) is 12.3 Å². The van der Waals surface area contributed by atoms with Crippen LogP contribution in [0.15, 0.2) is 17.3 Å². The summed E-state index contributed by atoms with van der Waals surface area (Å²) < 4.78 is 0. The number of allylic oxidation sites excluding steroid dienone is 1. The second-order valence-corrected chi connectivity index (χ2v) is 1.35. The Hall–Kier alpha value is -0.990. The van der Waals surface area contributed by atoms with Gasteiger partial charge in [0.2, 0.25) is 0 Å². The van der Waals surface area contributed by atoms with Crippen LogP contribution in [0.3, 0.4) is 0 Å². The van der Waals surface area contributed by atoms with Gasteiger partial charge in [-0.2, -0.15) is 0 Å².